The van der Waals surface area contributed by atoms with Crippen molar-refractivity contribution in [2.45, 2.75) is 33.1 Å². The van der Waals surface area contributed by atoms with Gasteiger partial charge in [-0.15, -0.1) is 4.73 Å². The van der Waals surface area contributed by atoms with Crippen LogP contribution in [0.4, 0.5) is 0 Å². The fourth-order valence-corrected chi connectivity index (χ4v) is 2.04. The number of rotatable bonds is 1. The Labute approximate surface area is 113 Å². The maximum absolute atomic E-state index is 11.6. The number of benzene rings is 1. The maximum Gasteiger partial charge on any atom is 0.283 e. The molecule has 1 heterocycles. The summed E-state index contributed by atoms with van der Waals surface area (Å²) in [5, 5.41) is 9.81. The number of hydrogen-bond donors (Lipinski definition) is 1. The molecule has 0 unspecified atom stereocenters. The van der Waals surface area contributed by atoms with E-state index >= 15 is 0 Å². The van der Waals surface area contributed by atoms with Crippen molar-refractivity contribution in [3.63, 3.8) is 0 Å². The van der Waals surface area contributed by atoms with Gasteiger partial charge in [-0.25, -0.2) is 0 Å². The summed E-state index contributed by atoms with van der Waals surface area (Å²) in [5.41, 5.74) is 3.09. The van der Waals surface area contributed by atoms with Crippen LogP contribution in [0.25, 0.3) is 11.3 Å². The second-order valence-corrected chi connectivity index (χ2v) is 5.90. The average molecular weight is 257 g/mol. The van der Waals surface area contributed by atoms with Crippen molar-refractivity contribution < 1.29 is 5.21 Å². The number of hydrogen-bond acceptors (Lipinski definition) is 2. The van der Waals surface area contributed by atoms with E-state index in [2.05, 4.69) is 20.8 Å². The smallest absolute Gasteiger partial charge is 0.283 e. The monoisotopic (exact) mass is 257 g/mol. The van der Waals surface area contributed by atoms with E-state index < -0.39 is 5.56 Å². The highest BCUT2D eigenvalue weighted by Gasteiger charge is 2.14. The number of nitrogens with zero attached hydrogens (tertiary/aromatic N) is 1. The van der Waals surface area contributed by atoms with Gasteiger partial charge in [-0.05, 0) is 29.5 Å². The lowest BCUT2D eigenvalue weighted by Crippen LogP contribution is -2.18. The first-order chi connectivity index (χ1) is 8.79. The fourth-order valence-electron chi connectivity index (χ4n) is 2.04. The molecule has 0 aliphatic carbocycles. The molecule has 0 bridgehead atoms. The van der Waals surface area contributed by atoms with Gasteiger partial charge >= 0.3 is 0 Å². The molecule has 3 nitrogen and oxygen atoms in total. The zero-order valence-corrected chi connectivity index (χ0v) is 11.8. The molecule has 19 heavy (non-hydrogen) atoms. The molecule has 0 amide bonds. The summed E-state index contributed by atoms with van der Waals surface area (Å²) in [6.07, 6.45) is 0. The molecule has 1 aromatic heterocycles. The average Bonchev–Trinajstić information content (AvgIpc) is 2.33. The van der Waals surface area contributed by atoms with Crippen LogP contribution in [0.5, 0.6) is 0 Å². The Morgan fingerprint density at radius 1 is 1.05 bits per heavy atom. The van der Waals surface area contributed by atoms with Gasteiger partial charge in [0.1, 0.15) is 0 Å². The van der Waals surface area contributed by atoms with E-state index in [1.807, 2.05) is 31.2 Å². The van der Waals surface area contributed by atoms with Crippen molar-refractivity contribution in [1.82, 2.24) is 4.73 Å². The third-order valence-corrected chi connectivity index (χ3v) is 3.20. The van der Waals surface area contributed by atoms with Crippen LogP contribution in [-0.2, 0) is 5.41 Å². The van der Waals surface area contributed by atoms with Gasteiger partial charge in [0.25, 0.3) is 5.56 Å². The van der Waals surface area contributed by atoms with Crippen LogP contribution in [0.1, 0.15) is 31.9 Å². The van der Waals surface area contributed by atoms with Crippen molar-refractivity contribution in [3.05, 3.63) is 57.9 Å². The van der Waals surface area contributed by atoms with Crippen LogP contribution in [0.15, 0.2) is 41.2 Å². The summed E-state index contributed by atoms with van der Waals surface area (Å²) in [6, 6.07) is 11.1. The quantitative estimate of drug-likeness (QED) is 0.796. The molecule has 0 spiro atoms. The molecule has 0 aliphatic rings. The van der Waals surface area contributed by atoms with E-state index in [-0.39, 0.29) is 5.41 Å². The van der Waals surface area contributed by atoms with Crippen LogP contribution < -0.4 is 5.56 Å². The molecular formula is C16H19NO2. The first-order valence-corrected chi connectivity index (χ1v) is 6.33. The van der Waals surface area contributed by atoms with E-state index in [9.17, 15) is 10.0 Å². The highest BCUT2D eigenvalue weighted by atomic mass is 16.5. The lowest BCUT2D eigenvalue weighted by molar-refractivity contribution is 0.179. The summed E-state index contributed by atoms with van der Waals surface area (Å²) >= 11 is 0. The largest absolute Gasteiger partial charge is 0.425 e. The van der Waals surface area contributed by atoms with Crippen molar-refractivity contribution in [1.29, 1.82) is 0 Å². The van der Waals surface area contributed by atoms with Gasteiger partial charge in [-0.1, -0.05) is 45.0 Å². The zero-order chi connectivity index (χ0) is 14.2. The molecule has 2 rings (SSSR count). The summed E-state index contributed by atoms with van der Waals surface area (Å²) in [6.45, 7) is 8.29. The molecule has 100 valence electrons. The van der Waals surface area contributed by atoms with Crippen molar-refractivity contribution in [3.8, 4) is 11.3 Å². The molecule has 3 heteroatoms. The summed E-state index contributed by atoms with van der Waals surface area (Å²) in [5.74, 6) is 0. The minimum absolute atomic E-state index is 0.0873. The van der Waals surface area contributed by atoms with Gasteiger partial charge in [0.05, 0.1) is 5.69 Å². The van der Waals surface area contributed by atoms with Gasteiger partial charge in [-0.2, -0.15) is 0 Å². The molecule has 1 aromatic carbocycles. The van der Waals surface area contributed by atoms with Crippen LogP contribution in [0.2, 0.25) is 0 Å². The Bertz CT molecular complexity index is 646. The van der Waals surface area contributed by atoms with E-state index in [0.29, 0.717) is 10.4 Å². The first-order valence-electron chi connectivity index (χ1n) is 6.33. The van der Waals surface area contributed by atoms with Crippen molar-refractivity contribution in [2.75, 3.05) is 0 Å². The number of aromatic nitrogens is 1. The highest BCUT2D eigenvalue weighted by molar-refractivity contribution is 5.60. The van der Waals surface area contributed by atoms with Crippen LogP contribution in [-0.4, -0.2) is 9.94 Å². The van der Waals surface area contributed by atoms with Crippen LogP contribution >= 0.6 is 0 Å². The summed E-state index contributed by atoms with van der Waals surface area (Å²) in [4.78, 5) is 11.6. The van der Waals surface area contributed by atoms with E-state index in [4.69, 9.17) is 0 Å². The van der Waals surface area contributed by atoms with E-state index in [0.717, 1.165) is 11.1 Å². The molecule has 0 fully saturated rings. The molecule has 0 saturated carbocycles. The van der Waals surface area contributed by atoms with Gasteiger partial charge in [-0.3, -0.25) is 4.79 Å². The standard InChI is InChI=1S/C16H19NO2/c1-11-9-14(17(19)15(18)10-11)12-5-7-13(8-6-12)16(2,3)4/h5-10,19H,1-4H3. The molecular weight excluding hydrogens is 238 g/mol. The Balaban J connectivity index is 2.52. The Morgan fingerprint density at radius 3 is 2.16 bits per heavy atom. The fraction of sp³-hybridized carbons (Fsp3) is 0.312. The van der Waals surface area contributed by atoms with Gasteiger partial charge in [0.15, 0.2) is 0 Å². The van der Waals surface area contributed by atoms with Crippen molar-refractivity contribution >= 4 is 0 Å². The predicted molar refractivity (Wildman–Crippen MR) is 76.8 cm³/mol. The third kappa shape index (κ3) is 2.70. The maximum atomic E-state index is 11.6. The lowest BCUT2D eigenvalue weighted by atomic mass is 9.86. The lowest BCUT2D eigenvalue weighted by Gasteiger charge is -2.19. The van der Waals surface area contributed by atoms with E-state index in [1.165, 1.54) is 11.6 Å². The number of aryl methyl sites for hydroxylation is 1. The second-order valence-electron chi connectivity index (χ2n) is 5.90. The third-order valence-electron chi connectivity index (χ3n) is 3.20. The Morgan fingerprint density at radius 2 is 1.63 bits per heavy atom. The Hall–Kier alpha value is -2.03. The number of pyridine rings is 1. The highest BCUT2D eigenvalue weighted by Crippen LogP contribution is 2.25. The second kappa shape index (κ2) is 4.57. The molecule has 0 atom stereocenters. The predicted octanol–water partition coefficient (Wildman–Crippen LogP) is 3.36. The van der Waals surface area contributed by atoms with Crippen LogP contribution in [0, 0.1) is 6.92 Å². The molecule has 0 aliphatic heterocycles. The minimum atomic E-state index is -0.408. The summed E-state index contributed by atoms with van der Waals surface area (Å²) in [7, 11) is 0. The minimum Gasteiger partial charge on any atom is -0.425 e. The van der Waals surface area contributed by atoms with Gasteiger partial charge in [0, 0.05) is 11.6 Å². The zero-order valence-electron chi connectivity index (χ0n) is 11.8. The normalized spacial score (nSPS) is 11.6. The van der Waals surface area contributed by atoms with Crippen LogP contribution in [0.3, 0.4) is 0 Å². The molecule has 0 radical (unpaired) electrons. The van der Waals surface area contributed by atoms with Gasteiger partial charge in [0.2, 0.25) is 0 Å². The molecule has 2 aromatic rings. The van der Waals surface area contributed by atoms with E-state index in [1.54, 1.807) is 6.07 Å². The topological polar surface area (TPSA) is 42.2 Å². The Kier molecular flexibility index (Phi) is 3.23. The first kappa shape index (κ1) is 13.4. The van der Waals surface area contributed by atoms with Crippen molar-refractivity contribution in [2.24, 2.45) is 0 Å². The summed E-state index contributed by atoms with van der Waals surface area (Å²) < 4.78 is 0.694. The molecule has 0 saturated heterocycles. The molecule has 1 N–H and O–H groups in total. The van der Waals surface area contributed by atoms with Gasteiger partial charge < -0.3 is 5.21 Å². The SMILES string of the molecule is Cc1cc(-c2ccc(C(C)(C)C)cc2)n(O)c(=O)c1.